The Balaban J connectivity index is 0.000000333. The molecular formula is C45H64N8O10. The summed E-state index contributed by atoms with van der Waals surface area (Å²) in [6, 6.07) is 11.4. The van der Waals surface area contributed by atoms with E-state index in [0.717, 1.165) is 54.7 Å². The van der Waals surface area contributed by atoms with Crippen molar-refractivity contribution in [3.05, 3.63) is 63.6 Å². The second kappa shape index (κ2) is 21.4. The SMILES string of the molecule is C.CC1CCN(C(=O)C(=O)OCC(=O)N(C)C)CC1.Cc1cc(C[C@@H](OC(=O)N2CCC(N3CCc4ccccc4NC3=O)CC2)C(=O)N2CCN(C)CC2)cc2oc(=O)n(C)c12. The zero-order valence-corrected chi connectivity index (χ0v) is 36.7. The molecule has 0 unspecified atom stereocenters. The molecule has 1 atom stereocenters. The van der Waals surface area contributed by atoms with Crippen LogP contribution in [0.3, 0.4) is 0 Å². The quantitative estimate of drug-likeness (QED) is 0.271. The summed E-state index contributed by atoms with van der Waals surface area (Å²) in [4.78, 5) is 97.0. The number of rotatable bonds is 7. The normalized spacial score (nSPS) is 17.9. The smallest absolute Gasteiger partial charge is 0.419 e. The molecule has 3 saturated heterocycles. The van der Waals surface area contributed by atoms with E-state index in [1.807, 2.05) is 49.2 Å². The number of likely N-dealkylation sites (tertiary alicyclic amines) is 2. The van der Waals surface area contributed by atoms with Crippen LogP contribution < -0.4 is 11.1 Å². The molecule has 6 amide bonds. The largest absolute Gasteiger partial charge is 0.448 e. The molecular weight excluding hydrogens is 813 g/mol. The minimum Gasteiger partial charge on any atom is -0.448 e. The molecule has 0 bridgehead atoms. The van der Waals surface area contributed by atoms with Gasteiger partial charge in [0.2, 0.25) is 0 Å². The number of piperidine rings is 2. The highest BCUT2D eigenvalue weighted by molar-refractivity contribution is 6.32. The van der Waals surface area contributed by atoms with Crippen LogP contribution in [0.5, 0.6) is 0 Å². The number of carbonyl (C=O) groups excluding carboxylic acids is 6. The lowest BCUT2D eigenvalue weighted by Gasteiger charge is -2.38. The van der Waals surface area contributed by atoms with Gasteiger partial charge in [-0.15, -0.1) is 0 Å². The number of hydrogen-bond acceptors (Lipinski definition) is 11. The van der Waals surface area contributed by atoms with Crippen LogP contribution in [0, 0.1) is 12.8 Å². The minimum atomic E-state index is -1.02. The summed E-state index contributed by atoms with van der Waals surface area (Å²) in [5.74, 6) is -2.03. The first kappa shape index (κ1) is 48.1. The van der Waals surface area contributed by atoms with Crippen molar-refractivity contribution in [3.63, 3.8) is 0 Å². The van der Waals surface area contributed by atoms with Crippen molar-refractivity contribution in [3.8, 4) is 0 Å². The Labute approximate surface area is 369 Å². The van der Waals surface area contributed by atoms with Crippen LogP contribution >= 0.6 is 0 Å². The first-order chi connectivity index (χ1) is 29.6. The number of anilines is 1. The number of aromatic nitrogens is 1. The van der Waals surface area contributed by atoms with E-state index in [9.17, 15) is 33.6 Å². The second-order valence-corrected chi connectivity index (χ2v) is 17.0. The van der Waals surface area contributed by atoms with E-state index in [4.69, 9.17) is 9.15 Å². The predicted molar refractivity (Wildman–Crippen MR) is 236 cm³/mol. The molecule has 4 aliphatic rings. The Morgan fingerprint density at radius 2 is 1.51 bits per heavy atom. The van der Waals surface area contributed by atoms with Crippen LogP contribution in [-0.2, 0) is 48.5 Å². The molecule has 5 heterocycles. The summed E-state index contributed by atoms with van der Waals surface area (Å²) in [6.45, 7) is 8.86. The molecule has 7 rings (SSSR count). The monoisotopic (exact) mass is 876 g/mol. The number of ether oxygens (including phenoxy) is 2. The second-order valence-electron chi connectivity index (χ2n) is 17.0. The van der Waals surface area contributed by atoms with Gasteiger partial charge in [0.25, 0.3) is 11.8 Å². The summed E-state index contributed by atoms with van der Waals surface area (Å²) in [5.41, 5.74) is 4.68. The van der Waals surface area contributed by atoms with Gasteiger partial charge >= 0.3 is 29.8 Å². The van der Waals surface area contributed by atoms with E-state index in [-0.39, 0.29) is 44.3 Å². The third-order valence-corrected chi connectivity index (χ3v) is 12.3. The molecule has 1 aromatic heterocycles. The van der Waals surface area contributed by atoms with Crippen molar-refractivity contribution >= 4 is 52.6 Å². The number of fused-ring (bicyclic) bond motifs is 2. The minimum absolute atomic E-state index is 0. The van der Waals surface area contributed by atoms with Gasteiger partial charge in [0.05, 0.1) is 5.52 Å². The summed E-state index contributed by atoms with van der Waals surface area (Å²) in [6.07, 6.45) is 2.42. The van der Waals surface area contributed by atoms with Crippen LogP contribution in [0.2, 0.25) is 0 Å². The number of esters is 1. The van der Waals surface area contributed by atoms with Crippen molar-refractivity contribution in [2.45, 2.75) is 71.9 Å². The van der Waals surface area contributed by atoms with Crippen LogP contribution in [0.4, 0.5) is 15.3 Å². The number of nitrogens with one attached hydrogen (secondary N) is 1. The Morgan fingerprint density at radius 1 is 0.857 bits per heavy atom. The predicted octanol–water partition coefficient (Wildman–Crippen LogP) is 3.33. The zero-order valence-electron chi connectivity index (χ0n) is 36.7. The highest BCUT2D eigenvalue weighted by Crippen LogP contribution is 2.26. The lowest BCUT2D eigenvalue weighted by molar-refractivity contribution is -0.163. The van der Waals surface area contributed by atoms with E-state index in [2.05, 4.69) is 21.9 Å². The molecule has 18 nitrogen and oxygen atoms in total. The van der Waals surface area contributed by atoms with Crippen molar-refractivity contribution < 1.29 is 42.7 Å². The molecule has 2 aromatic carbocycles. The van der Waals surface area contributed by atoms with E-state index in [1.54, 1.807) is 37.0 Å². The summed E-state index contributed by atoms with van der Waals surface area (Å²) in [7, 11) is 6.79. The van der Waals surface area contributed by atoms with Gasteiger partial charge in [-0.05, 0) is 80.8 Å². The topological polar surface area (TPSA) is 187 Å². The van der Waals surface area contributed by atoms with Crippen molar-refractivity contribution in [1.82, 2.24) is 34.0 Å². The summed E-state index contributed by atoms with van der Waals surface area (Å²) >= 11 is 0. The first-order valence-corrected chi connectivity index (χ1v) is 21.4. The average molecular weight is 877 g/mol. The molecule has 63 heavy (non-hydrogen) atoms. The van der Waals surface area contributed by atoms with Crippen LogP contribution in [0.15, 0.2) is 45.6 Å². The van der Waals surface area contributed by atoms with Gasteiger partial charge in [-0.25, -0.2) is 19.2 Å². The number of amides is 6. The lowest BCUT2D eigenvalue weighted by atomic mass is 9.99. The van der Waals surface area contributed by atoms with Gasteiger partial charge in [-0.1, -0.05) is 38.6 Å². The van der Waals surface area contributed by atoms with E-state index in [1.165, 1.54) is 14.4 Å². The number of para-hydroxylation sites is 1. The molecule has 4 aliphatic heterocycles. The summed E-state index contributed by atoms with van der Waals surface area (Å²) < 4.78 is 17.5. The Kier molecular flexibility index (Phi) is 16.4. The van der Waals surface area contributed by atoms with Crippen LogP contribution in [0.1, 0.15) is 56.7 Å². The fraction of sp³-hybridized carbons (Fsp3) is 0.578. The molecule has 344 valence electrons. The van der Waals surface area contributed by atoms with Gasteiger partial charge in [0, 0.05) is 98.2 Å². The highest BCUT2D eigenvalue weighted by atomic mass is 16.6. The van der Waals surface area contributed by atoms with E-state index >= 15 is 0 Å². The molecule has 0 aliphatic carbocycles. The first-order valence-electron chi connectivity index (χ1n) is 21.4. The number of urea groups is 1. The van der Waals surface area contributed by atoms with Crippen LogP contribution in [-0.4, -0.2) is 169 Å². The van der Waals surface area contributed by atoms with Gasteiger partial charge in [-0.3, -0.25) is 19.0 Å². The lowest BCUT2D eigenvalue weighted by Crippen LogP contribution is -2.53. The molecule has 1 N–H and O–H groups in total. The Morgan fingerprint density at radius 3 is 2.17 bits per heavy atom. The Hall–Kier alpha value is -5.91. The number of carbonyl (C=O) groups is 6. The standard InChI is InChI=1S/C32H40N6O6.C12H20N2O4.CH4/c1-21-18-22(19-26-28(21)35(3)31(41)43-26)20-27(29(39)36-16-14-34(2)15-17-36)44-32(42)37-11-9-24(10-12-37)38-13-8-23-6-4-5-7-25(23)33-30(38)40;1-9-4-6-14(7-5-9)11(16)12(17)18-8-10(15)13(2)3;/h4-7,18-19,24,27H,8-17,20H2,1-3H3,(H,33,40);9H,4-8H2,1-3H3;1H4/t27-;;/m1../s1. The van der Waals surface area contributed by atoms with Crippen LogP contribution in [0.25, 0.3) is 11.1 Å². The molecule has 3 aromatic rings. The third-order valence-electron chi connectivity index (χ3n) is 12.3. The van der Waals surface area contributed by atoms with Gasteiger partial charge in [0.15, 0.2) is 18.3 Å². The molecule has 0 saturated carbocycles. The Bertz CT molecular complexity index is 2180. The van der Waals surface area contributed by atoms with E-state index < -0.39 is 29.8 Å². The number of piperazine rings is 1. The number of benzene rings is 2. The van der Waals surface area contributed by atoms with Crippen molar-refractivity contribution in [2.24, 2.45) is 13.0 Å². The van der Waals surface area contributed by atoms with Crippen molar-refractivity contribution in [2.75, 3.05) is 92.0 Å². The fourth-order valence-electron chi connectivity index (χ4n) is 8.28. The maximum absolute atomic E-state index is 13.7. The molecule has 3 fully saturated rings. The van der Waals surface area contributed by atoms with Gasteiger partial charge < -0.3 is 48.6 Å². The highest BCUT2D eigenvalue weighted by Gasteiger charge is 2.35. The number of likely N-dealkylation sites (N-methyl/N-ethyl adjacent to an activating group) is 2. The number of aryl methyl sites for hydroxylation is 2. The molecule has 0 spiro atoms. The average Bonchev–Trinajstić information content (AvgIpc) is 3.43. The molecule has 18 heteroatoms. The van der Waals surface area contributed by atoms with Crippen molar-refractivity contribution in [1.29, 1.82) is 0 Å². The van der Waals surface area contributed by atoms with Gasteiger partial charge in [-0.2, -0.15) is 0 Å². The third kappa shape index (κ3) is 12.0. The maximum Gasteiger partial charge on any atom is 0.419 e. The van der Waals surface area contributed by atoms with E-state index in [0.29, 0.717) is 75.7 Å². The maximum atomic E-state index is 13.7. The van der Waals surface area contributed by atoms with Gasteiger partial charge in [0.1, 0.15) is 0 Å². The fourth-order valence-corrected chi connectivity index (χ4v) is 8.28. The molecule has 0 radical (unpaired) electrons. The number of nitrogens with zero attached hydrogens (tertiary/aromatic N) is 7. The zero-order chi connectivity index (χ0) is 44.7. The number of oxazole rings is 1. The summed E-state index contributed by atoms with van der Waals surface area (Å²) in [5, 5.41) is 3.03. The number of hydrogen-bond donors (Lipinski definition) is 1.